The standard InChI is InChI=1S/C29H33NO3/c1-4-29(32)33-20-6-8-25-12-17-27(18-13-25)30(28-14-9-22(2)23(3)21-28)26-15-10-24(11-16-26)7-5-19-31/h4,9-18,21,31H,1,5-8,19-20H2,2-3H3. The van der Waals surface area contributed by atoms with Crippen LogP contribution in [0.5, 0.6) is 0 Å². The van der Waals surface area contributed by atoms with Crippen LogP contribution in [0.1, 0.15) is 35.1 Å². The van der Waals surface area contributed by atoms with Crippen LogP contribution in [0, 0.1) is 13.8 Å². The number of hydrogen-bond acceptors (Lipinski definition) is 4. The van der Waals surface area contributed by atoms with Crippen LogP contribution in [0.4, 0.5) is 17.1 Å². The second-order valence-electron chi connectivity index (χ2n) is 8.24. The summed E-state index contributed by atoms with van der Waals surface area (Å²) in [6, 6.07) is 23.6. The molecule has 0 spiro atoms. The molecule has 33 heavy (non-hydrogen) atoms. The van der Waals surface area contributed by atoms with Crippen molar-refractivity contribution in [2.75, 3.05) is 18.1 Å². The number of aliphatic hydroxyl groups is 1. The van der Waals surface area contributed by atoms with Crippen molar-refractivity contribution in [1.29, 1.82) is 0 Å². The van der Waals surface area contributed by atoms with Gasteiger partial charge in [-0.15, -0.1) is 0 Å². The smallest absolute Gasteiger partial charge is 0.330 e. The van der Waals surface area contributed by atoms with Crippen LogP contribution >= 0.6 is 0 Å². The van der Waals surface area contributed by atoms with Crippen LogP contribution in [-0.2, 0) is 22.4 Å². The van der Waals surface area contributed by atoms with E-state index in [2.05, 4.69) is 92.1 Å². The van der Waals surface area contributed by atoms with Gasteiger partial charge >= 0.3 is 5.97 Å². The number of esters is 1. The normalized spacial score (nSPS) is 10.6. The number of benzene rings is 3. The summed E-state index contributed by atoms with van der Waals surface area (Å²) in [5.74, 6) is -0.378. The van der Waals surface area contributed by atoms with Crippen molar-refractivity contribution in [2.24, 2.45) is 0 Å². The highest BCUT2D eigenvalue weighted by Crippen LogP contribution is 2.35. The second kappa shape index (κ2) is 12.0. The van der Waals surface area contributed by atoms with Crippen LogP contribution in [0.25, 0.3) is 0 Å². The van der Waals surface area contributed by atoms with Crippen LogP contribution in [0.2, 0.25) is 0 Å². The Morgan fingerprint density at radius 3 is 1.91 bits per heavy atom. The second-order valence-corrected chi connectivity index (χ2v) is 8.24. The molecule has 3 rings (SSSR count). The Labute approximate surface area is 197 Å². The van der Waals surface area contributed by atoms with Crippen molar-refractivity contribution >= 4 is 23.0 Å². The third-order valence-electron chi connectivity index (χ3n) is 5.78. The van der Waals surface area contributed by atoms with Gasteiger partial charge < -0.3 is 14.7 Å². The van der Waals surface area contributed by atoms with E-state index in [9.17, 15) is 4.79 Å². The number of carbonyl (C=O) groups excluding carboxylic acids is 1. The topological polar surface area (TPSA) is 49.8 Å². The molecule has 0 aliphatic heterocycles. The molecule has 0 aliphatic rings. The predicted molar refractivity (Wildman–Crippen MR) is 135 cm³/mol. The molecule has 0 aromatic heterocycles. The van der Waals surface area contributed by atoms with Crippen LogP contribution < -0.4 is 4.90 Å². The minimum atomic E-state index is -0.378. The average molecular weight is 444 g/mol. The number of nitrogens with zero attached hydrogens (tertiary/aromatic N) is 1. The molecule has 0 amide bonds. The highest BCUT2D eigenvalue weighted by Gasteiger charge is 2.13. The lowest BCUT2D eigenvalue weighted by atomic mass is 10.1. The molecule has 0 bridgehead atoms. The third kappa shape index (κ3) is 6.80. The molecule has 3 aromatic rings. The summed E-state index contributed by atoms with van der Waals surface area (Å²) >= 11 is 0. The molecule has 172 valence electrons. The molecule has 0 heterocycles. The SMILES string of the molecule is C=CC(=O)OCCCc1ccc(N(c2ccc(CCCO)cc2)c2ccc(C)c(C)c2)cc1. The van der Waals surface area contributed by atoms with E-state index in [1.54, 1.807) is 0 Å². The summed E-state index contributed by atoms with van der Waals surface area (Å²) < 4.78 is 5.07. The monoisotopic (exact) mass is 443 g/mol. The van der Waals surface area contributed by atoms with Gasteiger partial charge in [0.05, 0.1) is 6.61 Å². The highest BCUT2D eigenvalue weighted by atomic mass is 16.5. The first kappa shape index (κ1) is 24.3. The first-order chi connectivity index (χ1) is 16.0. The van der Waals surface area contributed by atoms with Crippen molar-refractivity contribution in [3.05, 3.63) is 102 Å². The van der Waals surface area contributed by atoms with Gasteiger partial charge in [-0.2, -0.15) is 0 Å². The third-order valence-corrected chi connectivity index (χ3v) is 5.78. The Morgan fingerprint density at radius 1 is 0.848 bits per heavy atom. The molecular weight excluding hydrogens is 410 g/mol. The van der Waals surface area contributed by atoms with E-state index in [1.165, 1.54) is 28.3 Å². The number of carbonyl (C=O) groups is 1. The van der Waals surface area contributed by atoms with E-state index in [0.29, 0.717) is 6.61 Å². The molecule has 0 atom stereocenters. The summed E-state index contributed by atoms with van der Waals surface area (Å²) in [5.41, 5.74) is 8.24. The van der Waals surface area contributed by atoms with Crippen molar-refractivity contribution in [1.82, 2.24) is 0 Å². The van der Waals surface area contributed by atoms with E-state index in [0.717, 1.165) is 42.7 Å². The minimum Gasteiger partial charge on any atom is -0.463 e. The maximum atomic E-state index is 11.2. The van der Waals surface area contributed by atoms with Gasteiger partial charge in [0.15, 0.2) is 0 Å². The fourth-order valence-electron chi connectivity index (χ4n) is 3.73. The summed E-state index contributed by atoms with van der Waals surface area (Å²) in [5, 5.41) is 9.11. The van der Waals surface area contributed by atoms with Gasteiger partial charge in [-0.1, -0.05) is 36.9 Å². The Balaban J connectivity index is 1.82. The van der Waals surface area contributed by atoms with Gasteiger partial charge in [0.2, 0.25) is 0 Å². The molecular formula is C29H33NO3. The van der Waals surface area contributed by atoms with Gasteiger partial charge in [0.1, 0.15) is 0 Å². The summed E-state index contributed by atoms with van der Waals surface area (Å²) in [6.45, 7) is 8.27. The Bertz CT molecular complexity index is 1060. The van der Waals surface area contributed by atoms with E-state index in [-0.39, 0.29) is 12.6 Å². The predicted octanol–water partition coefficient (Wildman–Crippen LogP) is 6.36. The lowest BCUT2D eigenvalue weighted by Gasteiger charge is -2.26. The Kier molecular flexibility index (Phi) is 8.85. The fraction of sp³-hybridized carbons (Fsp3) is 0.276. The maximum Gasteiger partial charge on any atom is 0.330 e. The first-order valence-electron chi connectivity index (χ1n) is 11.5. The molecule has 0 aliphatic carbocycles. The number of aryl methyl sites for hydroxylation is 4. The molecule has 0 radical (unpaired) electrons. The Morgan fingerprint density at radius 2 is 1.39 bits per heavy atom. The van der Waals surface area contributed by atoms with E-state index < -0.39 is 0 Å². The quantitative estimate of drug-likeness (QED) is 0.213. The lowest BCUT2D eigenvalue weighted by molar-refractivity contribution is -0.137. The summed E-state index contributed by atoms with van der Waals surface area (Å²) in [6.07, 6.45) is 4.45. The number of ether oxygens (including phenoxy) is 1. The van der Waals surface area contributed by atoms with Crippen LogP contribution in [0.15, 0.2) is 79.4 Å². The van der Waals surface area contributed by atoms with Gasteiger partial charge in [0, 0.05) is 29.7 Å². The zero-order valence-corrected chi connectivity index (χ0v) is 19.6. The molecule has 4 heteroatoms. The molecule has 0 fully saturated rings. The minimum absolute atomic E-state index is 0.208. The first-order valence-corrected chi connectivity index (χ1v) is 11.5. The maximum absolute atomic E-state index is 11.2. The van der Waals surface area contributed by atoms with Crippen molar-refractivity contribution < 1.29 is 14.6 Å². The van der Waals surface area contributed by atoms with E-state index >= 15 is 0 Å². The lowest BCUT2D eigenvalue weighted by Crippen LogP contribution is -2.10. The average Bonchev–Trinajstić information content (AvgIpc) is 2.84. The van der Waals surface area contributed by atoms with E-state index in [1.807, 2.05) is 0 Å². The summed E-state index contributed by atoms with van der Waals surface area (Å²) in [4.78, 5) is 13.4. The number of rotatable bonds is 11. The Hall–Kier alpha value is -3.37. The molecule has 0 unspecified atom stereocenters. The van der Waals surface area contributed by atoms with E-state index in [4.69, 9.17) is 9.84 Å². The fourth-order valence-corrected chi connectivity index (χ4v) is 3.73. The van der Waals surface area contributed by atoms with Crippen LogP contribution in [-0.4, -0.2) is 24.3 Å². The largest absolute Gasteiger partial charge is 0.463 e. The number of hydrogen-bond donors (Lipinski definition) is 1. The van der Waals surface area contributed by atoms with Crippen molar-refractivity contribution in [2.45, 2.75) is 39.5 Å². The number of aliphatic hydroxyl groups excluding tert-OH is 1. The van der Waals surface area contributed by atoms with Gasteiger partial charge in [-0.25, -0.2) is 4.79 Å². The van der Waals surface area contributed by atoms with Crippen molar-refractivity contribution in [3.63, 3.8) is 0 Å². The van der Waals surface area contributed by atoms with Gasteiger partial charge in [-0.3, -0.25) is 0 Å². The van der Waals surface area contributed by atoms with Crippen LogP contribution in [0.3, 0.4) is 0 Å². The molecule has 3 aromatic carbocycles. The van der Waals surface area contributed by atoms with Gasteiger partial charge in [-0.05, 0) is 98.2 Å². The zero-order valence-electron chi connectivity index (χ0n) is 19.6. The highest BCUT2D eigenvalue weighted by molar-refractivity contribution is 5.81. The number of anilines is 3. The molecule has 1 N–H and O–H groups in total. The zero-order chi connectivity index (χ0) is 23.6. The van der Waals surface area contributed by atoms with Gasteiger partial charge in [0.25, 0.3) is 0 Å². The molecule has 0 saturated carbocycles. The molecule has 0 saturated heterocycles. The molecule has 4 nitrogen and oxygen atoms in total. The van der Waals surface area contributed by atoms with Crippen molar-refractivity contribution in [3.8, 4) is 0 Å². The summed E-state index contributed by atoms with van der Waals surface area (Å²) in [7, 11) is 0.